The lowest BCUT2D eigenvalue weighted by Gasteiger charge is -2.29. The van der Waals surface area contributed by atoms with Crippen molar-refractivity contribution in [3.63, 3.8) is 0 Å². The van der Waals surface area contributed by atoms with E-state index in [0.717, 1.165) is 48.3 Å². The molecule has 1 amide bonds. The molecule has 2 aromatic rings. The number of halogens is 1. The van der Waals surface area contributed by atoms with Gasteiger partial charge in [0.05, 0.1) is 19.8 Å². The summed E-state index contributed by atoms with van der Waals surface area (Å²) in [5.74, 6) is -0.0458. The molecule has 27 heavy (non-hydrogen) atoms. The van der Waals surface area contributed by atoms with Crippen molar-refractivity contribution in [2.24, 2.45) is 0 Å². The molecule has 0 aromatic heterocycles. The number of carbonyl (C=O) groups is 1. The number of nitrogens with zero attached hydrogens (tertiary/aromatic N) is 2. The summed E-state index contributed by atoms with van der Waals surface area (Å²) in [5.41, 5.74) is 2.97. The second-order valence-electron chi connectivity index (χ2n) is 6.81. The zero-order valence-corrected chi connectivity index (χ0v) is 16.6. The average molecular weight is 388 g/mol. The number of morpholine rings is 1. The predicted molar refractivity (Wildman–Crippen MR) is 111 cm³/mol. The van der Waals surface area contributed by atoms with Crippen molar-refractivity contribution in [2.75, 3.05) is 50.1 Å². The van der Waals surface area contributed by atoms with E-state index in [4.69, 9.17) is 16.3 Å². The zero-order valence-electron chi connectivity index (χ0n) is 15.8. The molecule has 2 aromatic carbocycles. The Bertz CT molecular complexity index is 760. The summed E-state index contributed by atoms with van der Waals surface area (Å²) in [6.07, 6.45) is 0. The number of amides is 1. The summed E-state index contributed by atoms with van der Waals surface area (Å²) >= 11 is 6.27. The smallest absolute Gasteiger partial charge is 0.238 e. The van der Waals surface area contributed by atoms with Crippen LogP contribution in [0.2, 0.25) is 5.02 Å². The molecule has 1 N–H and O–H groups in total. The van der Waals surface area contributed by atoms with Crippen LogP contribution < -0.4 is 10.2 Å². The fourth-order valence-corrected chi connectivity index (χ4v) is 3.49. The Labute approximate surface area is 165 Å². The molecule has 1 saturated heterocycles. The maximum Gasteiger partial charge on any atom is 0.238 e. The third-order valence-electron chi connectivity index (χ3n) is 4.94. The number of benzene rings is 2. The molecular formula is C21H26ClN3O2. The highest BCUT2D eigenvalue weighted by Crippen LogP contribution is 2.26. The van der Waals surface area contributed by atoms with Gasteiger partial charge in [-0.2, -0.15) is 0 Å². The maximum absolute atomic E-state index is 12.4. The van der Waals surface area contributed by atoms with Crippen molar-refractivity contribution in [1.29, 1.82) is 0 Å². The maximum atomic E-state index is 12.4. The summed E-state index contributed by atoms with van der Waals surface area (Å²) in [7, 11) is 1.93. The minimum absolute atomic E-state index is 0.0458. The van der Waals surface area contributed by atoms with E-state index in [1.54, 1.807) is 0 Å². The van der Waals surface area contributed by atoms with Crippen LogP contribution in [-0.4, -0.2) is 50.7 Å². The van der Waals surface area contributed by atoms with Crippen LogP contribution in [0.5, 0.6) is 0 Å². The molecule has 1 aliphatic heterocycles. The molecule has 1 fully saturated rings. The summed E-state index contributed by atoms with van der Waals surface area (Å²) in [4.78, 5) is 16.7. The molecule has 1 atom stereocenters. The molecule has 5 nitrogen and oxygen atoms in total. The number of rotatable bonds is 6. The molecule has 0 unspecified atom stereocenters. The normalized spacial score (nSPS) is 15.6. The second kappa shape index (κ2) is 9.22. The molecule has 1 aliphatic rings. The molecule has 0 radical (unpaired) electrons. The average Bonchev–Trinajstić information content (AvgIpc) is 2.69. The van der Waals surface area contributed by atoms with Gasteiger partial charge in [-0.25, -0.2) is 0 Å². The fourth-order valence-electron chi connectivity index (χ4n) is 3.19. The van der Waals surface area contributed by atoms with Crippen molar-refractivity contribution in [3.05, 3.63) is 59.1 Å². The lowest BCUT2D eigenvalue weighted by molar-refractivity contribution is -0.117. The van der Waals surface area contributed by atoms with Crippen molar-refractivity contribution in [2.45, 2.75) is 13.0 Å². The number of carbonyl (C=O) groups excluding carboxylic acids is 1. The monoisotopic (exact) mass is 387 g/mol. The van der Waals surface area contributed by atoms with Gasteiger partial charge in [-0.15, -0.1) is 0 Å². The van der Waals surface area contributed by atoms with E-state index in [9.17, 15) is 4.79 Å². The van der Waals surface area contributed by atoms with Gasteiger partial charge < -0.3 is 15.0 Å². The molecule has 0 aliphatic carbocycles. The van der Waals surface area contributed by atoms with Crippen LogP contribution in [0.25, 0.3) is 0 Å². The van der Waals surface area contributed by atoms with Crippen molar-refractivity contribution >= 4 is 28.9 Å². The van der Waals surface area contributed by atoms with Crippen LogP contribution in [0.1, 0.15) is 18.5 Å². The van der Waals surface area contributed by atoms with Crippen molar-refractivity contribution < 1.29 is 9.53 Å². The Balaban J connectivity index is 1.54. The Hall–Kier alpha value is -2.08. The van der Waals surface area contributed by atoms with E-state index in [2.05, 4.69) is 10.2 Å². The van der Waals surface area contributed by atoms with Crippen molar-refractivity contribution in [3.8, 4) is 0 Å². The summed E-state index contributed by atoms with van der Waals surface area (Å²) in [5, 5.41) is 3.69. The molecule has 0 saturated carbocycles. The Kier molecular flexibility index (Phi) is 6.72. The number of likely N-dealkylation sites (N-methyl/N-ethyl adjacent to an activating group) is 1. The third-order valence-corrected chi connectivity index (χ3v) is 5.28. The number of hydrogen-bond donors (Lipinski definition) is 1. The minimum atomic E-state index is -0.0458. The number of anilines is 2. The van der Waals surface area contributed by atoms with E-state index in [0.29, 0.717) is 0 Å². The highest BCUT2D eigenvalue weighted by atomic mass is 35.5. The SMILES string of the molecule is C[C@@H](c1ccccc1Cl)N(C)CC(=O)Nc1ccc(N2CCOCC2)cc1. The number of nitrogens with one attached hydrogen (secondary N) is 1. The largest absolute Gasteiger partial charge is 0.378 e. The Morgan fingerprint density at radius 2 is 1.85 bits per heavy atom. The summed E-state index contributed by atoms with van der Waals surface area (Å²) in [6.45, 7) is 5.65. The van der Waals surface area contributed by atoms with Crippen LogP contribution in [0.4, 0.5) is 11.4 Å². The van der Waals surface area contributed by atoms with Gasteiger partial charge >= 0.3 is 0 Å². The molecule has 1 heterocycles. The number of hydrogen-bond acceptors (Lipinski definition) is 4. The molecule has 144 valence electrons. The third kappa shape index (κ3) is 5.22. The first-order valence-corrected chi connectivity index (χ1v) is 9.59. The van der Waals surface area contributed by atoms with Gasteiger partial charge in [0.1, 0.15) is 0 Å². The van der Waals surface area contributed by atoms with Crippen LogP contribution in [0.15, 0.2) is 48.5 Å². The predicted octanol–water partition coefficient (Wildman–Crippen LogP) is 3.81. The summed E-state index contributed by atoms with van der Waals surface area (Å²) < 4.78 is 5.38. The highest BCUT2D eigenvalue weighted by Gasteiger charge is 2.17. The molecule has 0 spiro atoms. The molecule has 3 rings (SSSR count). The van der Waals surface area contributed by atoms with Gasteiger partial charge in [-0.3, -0.25) is 9.69 Å². The first kappa shape index (κ1) is 19.7. The lowest BCUT2D eigenvalue weighted by atomic mass is 10.1. The second-order valence-corrected chi connectivity index (χ2v) is 7.21. The lowest BCUT2D eigenvalue weighted by Crippen LogP contribution is -2.36. The molecular weight excluding hydrogens is 362 g/mol. The quantitative estimate of drug-likeness (QED) is 0.818. The first-order chi connectivity index (χ1) is 13.0. The van der Waals surface area contributed by atoms with E-state index in [-0.39, 0.29) is 18.5 Å². The van der Waals surface area contributed by atoms with Crippen LogP contribution in [0.3, 0.4) is 0 Å². The fraction of sp³-hybridized carbons (Fsp3) is 0.381. The summed E-state index contributed by atoms with van der Waals surface area (Å²) in [6, 6.07) is 15.7. The number of ether oxygens (including phenoxy) is 1. The van der Waals surface area contributed by atoms with Gasteiger partial charge in [0.15, 0.2) is 0 Å². The van der Waals surface area contributed by atoms with Crippen LogP contribution >= 0.6 is 11.6 Å². The van der Waals surface area contributed by atoms with Gasteiger partial charge in [0.25, 0.3) is 0 Å². The Morgan fingerprint density at radius 3 is 2.52 bits per heavy atom. The van der Waals surface area contributed by atoms with Gasteiger partial charge in [-0.1, -0.05) is 29.8 Å². The van der Waals surface area contributed by atoms with Crippen LogP contribution in [0, 0.1) is 0 Å². The van der Waals surface area contributed by atoms with Crippen molar-refractivity contribution in [1.82, 2.24) is 4.90 Å². The standard InChI is InChI=1S/C21H26ClN3O2/c1-16(19-5-3-4-6-20(19)22)24(2)15-21(26)23-17-7-9-18(10-8-17)25-11-13-27-14-12-25/h3-10,16H,11-15H2,1-2H3,(H,23,26)/t16-/m0/s1. The van der Waals surface area contributed by atoms with Gasteiger partial charge in [-0.05, 0) is 49.9 Å². The van der Waals surface area contributed by atoms with E-state index < -0.39 is 0 Å². The van der Waals surface area contributed by atoms with Crippen LogP contribution in [-0.2, 0) is 9.53 Å². The molecule has 6 heteroatoms. The Morgan fingerprint density at radius 1 is 1.19 bits per heavy atom. The molecule has 0 bridgehead atoms. The topological polar surface area (TPSA) is 44.8 Å². The van der Waals surface area contributed by atoms with Gasteiger partial charge in [0, 0.05) is 35.5 Å². The minimum Gasteiger partial charge on any atom is -0.378 e. The van der Waals surface area contributed by atoms with E-state index >= 15 is 0 Å². The van der Waals surface area contributed by atoms with E-state index in [1.807, 2.05) is 67.4 Å². The van der Waals surface area contributed by atoms with Gasteiger partial charge in [0.2, 0.25) is 5.91 Å². The first-order valence-electron chi connectivity index (χ1n) is 9.22. The zero-order chi connectivity index (χ0) is 19.2. The van der Waals surface area contributed by atoms with E-state index in [1.165, 1.54) is 0 Å². The highest BCUT2D eigenvalue weighted by molar-refractivity contribution is 6.31.